The van der Waals surface area contributed by atoms with Crippen molar-refractivity contribution in [2.75, 3.05) is 5.73 Å². The van der Waals surface area contributed by atoms with Gasteiger partial charge in [0.25, 0.3) is 0 Å². The lowest BCUT2D eigenvalue weighted by Crippen LogP contribution is -2.12. The molecule has 0 radical (unpaired) electrons. The number of aromatic nitrogens is 3. The summed E-state index contributed by atoms with van der Waals surface area (Å²) in [6.45, 7) is 1.94. The lowest BCUT2D eigenvalue weighted by atomic mass is 10.0. The molecule has 2 heterocycles. The van der Waals surface area contributed by atoms with E-state index in [1.807, 2.05) is 0 Å². The molecule has 1 atom stereocenters. The molecule has 0 bridgehead atoms. The van der Waals surface area contributed by atoms with E-state index in [0.29, 0.717) is 11.4 Å². The van der Waals surface area contributed by atoms with Gasteiger partial charge in [-0.3, -0.25) is 14.8 Å². The van der Waals surface area contributed by atoms with Crippen LogP contribution < -0.4 is 11.6 Å². The summed E-state index contributed by atoms with van der Waals surface area (Å²) in [7, 11) is 0. The predicted molar refractivity (Wildman–Crippen MR) is 120 cm³/mol. The highest BCUT2D eigenvalue weighted by Gasteiger charge is 2.15. The second-order valence-electron chi connectivity index (χ2n) is 7.13. The average molecular weight is 453 g/mol. The van der Waals surface area contributed by atoms with Gasteiger partial charge in [0.2, 0.25) is 5.95 Å². The summed E-state index contributed by atoms with van der Waals surface area (Å²) in [5.41, 5.74) is 7.28. The van der Waals surface area contributed by atoms with Crippen molar-refractivity contribution >= 4 is 23.8 Å². The average Bonchev–Trinajstić information content (AvgIpc) is 2.78. The third-order valence-corrected chi connectivity index (χ3v) is 4.65. The molecule has 0 amide bonds. The highest BCUT2D eigenvalue weighted by molar-refractivity contribution is 6.37. The first-order chi connectivity index (χ1) is 15.8. The molecule has 3 rings (SSSR count). The van der Waals surface area contributed by atoms with Crippen LogP contribution in [0.15, 0.2) is 52.6 Å². The number of hydrogen-bond donors (Lipinski definition) is 3. The first-order valence-electron chi connectivity index (χ1n) is 9.83. The van der Waals surface area contributed by atoms with Gasteiger partial charge in [-0.05, 0) is 30.3 Å². The van der Waals surface area contributed by atoms with Crippen molar-refractivity contribution in [3.05, 3.63) is 71.2 Å². The van der Waals surface area contributed by atoms with Crippen LogP contribution in [0.25, 0.3) is 11.3 Å². The Morgan fingerprint density at radius 1 is 1.18 bits per heavy atom. The maximum atomic E-state index is 14.2. The van der Waals surface area contributed by atoms with Gasteiger partial charge < -0.3 is 16.7 Å². The zero-order chi connectivity index (χ0) is 24.0. The standard InChI is InChI=1S/C22H21F2N7O2/c1-12(8-20(32)33)16-7-2-4-13(28-16)10-27-11-19(31-26)18-9-17(29-22(25)30-18)14-5-3-6-15(23)21(14)24/h2-7,9,11-12H,8,10,26H2,1H3,(H,32,33)(H2,25,29,30). The monoisotopic (exact) mass is 453 g/mol. The number of aliphatic imine (C=N–C) groups is 1. The zero-order valence-corrected chi connectivity index (χ0v) is 17.6. The topological polar surface area (TPSA) is 153 Å². The molecule has 2 aromatic heterocycles. The molecule has 0 aliphatic heterocycles. The molecule has 33 heavy (non-hydrogen) atoms. The highest BCUT2D eigenvalue weighted by atomic mass is 19.2. The first kappa shape index (κ1) is 23.4. The molecule has 0 saturated heterocycles. The molecule has 0 fully saturated rings. The molecule has 0 saturated carbocycles. The van der Waals surface area contributed by atoms with Gasteiger partial charge in [-0.1, -0.05) is 19.1 Å². The minimum Gasteiger partial charge on any atom is -0.481 e. The number of nitrogen functional groups attached to an aromatic ring is 1. The summed E-state index contributed by atoms with van der Waals surface area (Å²) in [5.74, 6) is 2.06. The third-order valence-electron chi connectivity index (χ3n) is 4.65. The Morgan fingerprint density at radius 3 is 2.67 bits per heavy atom. The van der Waals surface area contributed by atoms with E-state index >= 15 is 0 Å². The number of benzene rings is 1. The van der Waals surface area contributed by atoms with Gasteiger partial charge in [-0.2, -0.15) is 5.10 Å². The van der Waals surface area contributed by atoms with Gasteiger partial charge >= 0.3 is 5.97 Å². The Labute approximate surface area is 187 Å². The summed E-state index contributed by atoms with van der Waals surface area (Å²) < 4.78 is 27.8. The van der Waals surface area contributed by atoms with Gasteiger partial charge in [0.05, 0.1) is 36.3 Å². The minimum atomic E-state index is -1.07. The van der Waals surface area contributed by atoms with Crippen molar-refractivity contribution in [3.63, 3.8) is 0 Å². The van der Waals surface area contributed by atoms with E-state index in [0.717, 1.165) is 6.07 Å². The van der Waals surface area contributed by atoms with E-state index in [4.69, 9.17) is 16.7 Å². The van der Waals surface area contributed by atoms with Crippen LogP contribution in [0, 0.1) is 11.6 Å². The Kier molecular flexibility index (Phi) is 7.34. The molecule has 1 aromatic carbocycles. The Hall–Kier alpha value is -4.28. The van der Waals surface area contributed by atoms with E-state index < -0.39 is 17.6 Å². The van der Waals surface area contributed by atoms with Crippen LogP contribution in [-0.4, -0.2) is 38.0 Å². The van der Waals surface area contributed by atoms with Crippen LogP contribution in [-0.2, 0) is 11.3 Å². The molecule has 170 valence electrons. The van der Waals surface area contributed by atoms with Crippen molar-refractivity contribution in [2.24, 2.45) is 15.9 Å². The van der Waals surface area contributed by atoms with Crippen molar-refractivity contribution < 1.29 is 18.7 Å². The molecule has 1 unspecified atom stereocenters. The van der Waals surface area contributed by atoms with Gasteiger partial charge in [-0.15, -0.1) is 0 Å². The maximum absolute atomic E-state index is 14.2. The van der Waals surface area contributed by atoms with Crippen LogP contribution >= 0.6 is 0 Å². The summed E-state index contributed by atoms with van der Waals surface area (Å²) in [6, 6.07) is 10.4. The smallest absolute Gasteiger partial charge is 0.304 e. The maximum Gasteiger partial charge on any atom is 0.304 e. The summed E-state index contributed by atoms with van der Waals surface area (Å²) in [6.07, 6.45) is 1.32. The lowest BCUT2D eigenvalue weighted by Gasteiger charge is -2.09. The number of rotatable bonds is 8. The molecule has 9 nitrogen and oxygen atoms in total. The first-order valence-corrected chi connectivity index (χ1v) is 9.83. The third kappa shape index (κ3) is 5.91. The Balaban J connectivity index is 1.81. The van der Waals surface area contributed by atoms with Gasteiger partial charge in [0, 0.05) is 17.2 Å². The predicted octanol–water partition coefficient (Wildman–Crippen LogP) is 2.91. The molecular formula is C22H21F2N7O2. The fourth-order valence-corrected chi connectivity index (χ4v) is 3.06. The van der Waals surface area contributed by atoms with Crippen LogP contribution in [0.1, 0.15) is 36.3 Å². The number of nitrogens with two attached hydrogens (primary N) is 2. The number of carboxylic acid groups (broad SMARTS) is 1. The molecule has 11 heteroatoms. The molecule has 5 N–H and O–H groups in total. The van der Waals surface area contributed by atoms with Gasteiger partial charge in [0.1, 0.15) is 5.71 Å². The number of pyridine rings is 1. The fourth-order valence-electron chi connectivity index (χ4n) is 3.06. The van der Waals surface area contributed by atoms with Crippen LogP contribution in [0.3, 0.4) is 0 Å². The van der Waals surface area contributed by atoms with Crippen molar-refractivity contribution in [3.8, 4) is 11.3 Å². The van der Waals surface area contributed by atoms with Crippen LogP contribution in [0.2, 0.25) is 0 Å². The van der Waals surface area contributed by atoms with Crippen molar-refractivity contribution in [1.82, 2.24) is 15.0 Å². The van der Waals surface area contributed by atoms with E-state index in [2.05, 4.69) is 25.0 Å². The van der Waals surface area contributed by atoms with E-state index in [1.54, 1.807) is 25.1 Å². The van der Waals surface area contributed by atoms with Crippen molar-refractivity contribution in [1.29, 1.82) is 0 Å². The number of hydrogen-bond acceptors (Lipinski definition) is 8. The molecule has 3 aromatic rings. The van der Waals surface area contributed by atoms with Gasteiger partial charge in [0.15, 0.2) is 11.6 Å². The zero-order valence-electron chi connectivity index (χ0n) is 17.6. The second kappa shape index (κ2) is 10.4. The second-order valence-corrected chi connectivity index (χ2v) is 7.13. The summed E-state index contributed by atoms with van der Waals surface area (Å²) >= 11 is 0. The van der Waals surface area contributed by atoms with E-state index in [-0.39, 0.29) is 47.5 Å². The number of nitrogens with zero attached hydrogens (tertiary/aromatic N) is 5. The SMILES string of the molecule is CC(CC(=O)O)c1cccc(CN=CC(=NN)c2cc(-c3cccc(F)c3F)nc(N)n2)n1. The number of halogens is 2. The van der Waals surface area contributed by atoms with E-state index in [9.17, 15) is 13.6 Å². The number of anilines is 1. The molecule has 0 aliphatic carbocycles. The number of carbonyl (C=O) groups is 1. The molecule has 0 spiro atoms. The van der Waals surface area contributed by atoms with Crippen molar-refractivity contribution in [2.45, 2.75) is 25.8 Å². The number of aliphatic carboxylic acids is 1. The Bertz CT molecular complexity index is 1230. The normalized spacial score (nSPS) is 12.8. The number of carboxylic acids is 1. The van der Waals surface area contributed by atoms with Crippen LogP contribution in [0.4, 0.5) is 14.7 Å². The summed E-state index contributed by atoms with van der Waals surface area (Å²) in [5, 5.41) is 12.6. The summed E-state index contributed by atoms with van der Waals surface area (Å²) in [4.78, 5) is 27.6. The van der Waals surface area contributed by atoms with Gasteiger partial charge in [-0.25, -0.2) is 18.7 Å². The fraction of sp³-hybridized carbons (Fsp3) is 0.182. The van der Waals surface area contributed by atoms with Crippen LogP contribution in [0.5, 0.6) is 0 Å². The quantitative estimate of drug-likeness (QED) is 0.269. The Morgan fingerprint density at radius 2 is 1.94 bits per heavy atom. The minimum absolute atomic E-state index is 0.0346. The van der Waals surface area contributed by atoms with E-state index in [1.165, 1.54) is 24.4 Å². The number of hydrazone groups is 1. The largest absolute Gasteiger partial charge is 0.481 e. The molecular weight excluding hydrogens is 432 g/mol. The lowest BCUT2D eigenvalue weighted by molar-refractivity contribution is -0.137. The highest BCUT2D eigenvalue weighted by Crippen LogP contribution is 2.24. The molecule has 0 aliphatic rings.